The highest BCUT2D eigenvalue weighted by atomic mass is 16.3. The number of amides is 1. The normalized spacial score (nSPS) is 13.1. The smallest absolute Gasteiger partial charge is 0.290 e. The quantitative estimate of drug-likeness (QED) is 0.663. The summed E-state index contributed by atoms with van der Waals surface area (Å²) in [5.41, 5.74) is 3.49. The van der Waals surface area contributed by atoms with Crippen molar-refractivity contribution in [3.63, 3.8) is 0 Å². The molecule has 0 aliphatic carbocycles. The summed E-state index contributed by atoms with van der Waals surface area (Å²) in [6.07, 6.45) is 9.13. The Labute approximate surface area is 162 Å². The summed E-state index contributed by atoms with van der Waals surface area (Å²) in [6.45, 7) is 3.96. The maximum Gasteiger partial charge on any atom is 0.290 e. The van der Waals surface area contributed by atoms with Crippen molar-refractivity contribution in [3.05, 3.63) is 53.9 Å². The van der Waals surface area contributed by atoms with Crippen molar-refractivity contribution in [1.29, 1.82) is 0 Å². The highest BCUT2D eigenvalue weighted by Gasteiger charge is 2.21. The van der Waals surface area contributed by atoms with Crippen LogP contribution < -0.4 is 5.32 Å². The lowest BCUT2D eigenvalue weighted by Gasteiger charge is -2.14. The van der Waals surface area contributed by atoms with Gasteiger partial charge in [-0.1, -0.05) is 6.07 Å². The number of imidazole rings is 1. The summed E-state index contributed by atoms with van der Waals surface area (Å²) >= 11 is 0. The molecular weight excluding hydrogens is 360 g/mol. The molecule has 3 aromatic rings. The molecule has 1 amide bonds. The summed E-state index contributed by atoms with van der Waals surface area (Å²) in [5, 5.41) is 10.1. The third-order valence-corrected chi connectivity index (χ3v) is 4.51. The highest BCUT2D eigenvalue weighted by Crippen LogP contribution is 2.14. The number of hydrogen-bond donors (Lipinski definition) is 2. The maximum atomic E-state index is 12.4. The largest absolute Gasteiger partial charge is 0.483 e. The van der Waals surface area contributed by atoms with Gasteiger partial charge in [0.2, 0.25) is 0 Å². The predicted molar refractivity (Wildman–Crippen MR) is 103 cm³/mol. The minimum atomic E-state index is -0.250. The molecule has 0 spiro atoms. The van der Waals surface area contributed by atoms with Gasteiger partial charge in [0.25, 0.3) is 12.4 Å². The molecule has 1 saturated heterocycles. The average molecular weight is 382 g/mol. The molecule has 9 heteroatoms. The van der Waals surface area contributed by atoms with Crippen molar-refractivity contribution in [2.24, 2.45) is 0 Å². The van der Waals surface area contributed by atoms with Crippen molar-refractivity contribution < 1.29 is 14.7 Å². The van der Waals surface area contributed by atoms with Crippen LogP contribution in [-0.4, -0.2) is 54.8 Å². The first kappa shape index (κ1) is 19.3. The number of aryl methyl sites for hydroxylation is 1. The zero-order chi connectivity index (χ0) is 19.9. The lowest BCUT2D eigenvalue weighted by molar-refractivity contribution is -0.122. The number of nitrogens with zero attached hydrogens (tertiary/aromatic N) is 5. The van der Waals surface area contributed by atoms with E-state index in [0.29, 0.717) is 18.1 Å². The van der Waals surface area contributed by atoms with Gasteiger partial charge in [-0.25, -0.2) is 9.97 Å². The van der Waals surface area contributed by atoms with Gasteiger partial charge in [-0.15, -0.1) is 0 Å². The number of rotatable bonds is 4. The molecule has 3 aromatic heterocycles. The van der Waals surface area contributed by atoms with Crippen LogP contribution in [0, 0.1) is 6.92 Å². The van der Waals surface area contributed by atoms with E-state index in [9.17, 15) is 4.79 Å². The fourth-order valence-corrected chi connectivity index (χ4v) is 3.15. The van der Waals surface area contributed by atoms with Crippen molar-refractivity contribution in [2.75, 3.05) is 18.4 Å². The van der Waals surface area contributed by atoms with Crippen LogP contribution in [0.3, 0.4) is 0 Å². The number of nitrogens with one attached hydrogen (secondary N) is 1. The summed E-state index contributed by atoms with van der Waals surface area (Å²) in [6, 6.07) is 4.04. The molecule has 1 aliphatic heterocycles. The van der Waals surface area contributed by atoms with Gasteiger partial charge >= 0.3 is 0 Å². The van der Waals surface area contributed by atoms with Crippen molar-refractivity contribution >= 4 is 23.8 Å². The molecule has 0 saturated carbocycles. The molecule has 0 atom stereocenters. The van der Waals surface area contributed by atoms with Crippen molar-refractivity contribution in [3.8, 4) is 0 Å². The summed E-state index contributed by atoms with van der Waals surface area (Å²) in [4.78, 5) is 35.7. The third-order valence-electron chi connectivity index (χ3n) is 4.51. The summed E-state index contributed by atoms with van der Waals surface area (Å²) in [5.74, 6) is 0.548. The van der Waals surface area contributed by atoms with E-state index in [4.69, 9.17) is 9.90 Å². The third kappa shape index (κ3) is 4.25. The Morgan fingerprint density at radius 2 is 2.04 bits per heavy atom. The van der Waals surface area contributed by atoms with E-state index >= 15 is 0 Å². The van der Waals surface area contributed by atoms with Gasteiger partial charge in [-0.05, 0) is 31.4 Å². The number of pyridine rings is 1. The van der Waals surface area contributed by atoms with Gasteiger partial charge in [0, 0.05) is 19.3 Å². The van der Waals surface area contributed by atoms with Crippen molar-refractivity contribution in [1.82, 2.24) is 24.3 Å². The molecule has 28 heavy (non-hydrogen) atoms. The van der Waals surface area contributed by atoms with Gasteiger partial charge in [-0.3, -0.25) is 14.6 Å². The van der Waals surface area contributed by atoms with Crippen LogP contribution in [0.2, 0.25) is 0 Å². The minimum absolute atomic E-state index is 0.0425. The van der Waals surface area contributed by atoms with E-state index < -0.39 is 0 Å². The maximum absolute atomic E-state index is 12.4. The van der Waals surface area contributed by atoms with Crippen molar-refractivity contribution in [2.45, 2.75) is 26.3 Å². The topological polar surface area (TPSA) is 113 Å². The first-order chi connectivity index (χ1) is 13.6. The molecular formula is C19H22N6O3. The Kier molecular flexibility index (Phi) is 6.15. The Hall–Kier alpha value is -3.49. The lowest BCUT2D eigenvalue weighted by Crippen LogP contribution is -2.28. The standard InChI is InChI=1S/C18H20N6O.CH2O2/c1-13-5-4-8-24-14(10-21-17(13)24)9-20-16-12-19-11-15(22-16)18(25)23-6-2-3-7-23;2-1-3/h4-5,8,10-12H,2-3,6-7,9H2,1H3,(H,20,22);1H,(H,2,3). The second-order valence-corrected chi connectivity index (χ2v) is 6.38. The number of fused-ring (bicyclic) bond motifs is 1. The first-order valence-electron chi connectivity index (χ1n) is 8.98. The van der Waals surface area contributed by atoms with E-state index in [1.807, 2.05) is 36.4 Å². The van der Waals surface area contributed by atoms with E-state index in [1.54, 1.807) is 6.20 Å². The predicted octanol–water partition coefficient (Wildman–Crippen LogP) is 1.98. The molecule has 2 N–H and O–H groups in total. The fraction of sp³-hybridized carbons (Fsp3) is 0.316. The van der Waals surface area contributed by atoms with Crippen LogP contribution in [0.25, 0.3) is 5.65 Å². The number of aromatic nitrogens is 4. The molecule has 0 radical (unpaired) electrons. The molecule has 0 bridgehead atoms. The molecule has 0 unspecified atom stereocenters. The molecule has 1 aliphatic rings. The molecule has 0 aromatic carbocycles. The molecule has 9 nitrogen and oxygen atoms in total. The molecule has 1 fully saturated rings. The average Bonchev–Trinajstić information content (AvgIpc) is 3.38. The van der Waals surface area contributed by atoms with Crippen LogP contribution in [-0.2, 0) is 11.3 Å². The number of hydrogen-bond acceptors (Lipinski definition) is 6. The lowest BCUT2D eigenvalue weighted by atomic mass is 10.3. The van der Waals surface area contributed by atoms with Crippen LogP contribution in [0.4, 0.5) is 5.82 Å². The van der Waals surface area contributed by atoms with Gasteiger partial charge < -0.3 is 19.7 Å². The van der Waals surface area contributed by atoms with Crippen LogP contribution in [0.15, 0.2) is 36.9 Å². The van der Waals surface area contributed by atoms with E-state index in [2.05, 4.69) is 24.7 Å². The molecule has 146 valence electrons. The number of anilines is 1. The van der Waals surface area contributed by atoms with Crippen LogP contribution in [0.1, 0.15) is 34.6 Å². The first-order valence-corrected chi connectivity index (χ1v) is 8.98. The number of carboxylic acid groups (broad SMARTS) is 1. The zero-order valence-corrected chi connectivity index (χ0v) is 15.6. The minimum Gasteiger partial charge on any atom is -0.483 e. The van der Waals surface area contributed by atoms with Crippen LogP contribution >= 0.6 is 0 Å². The van der Waals surface area contributed by atoms with Crippen LogP contribution in [0.5, 0.6) is 0 Å². The second-order valence-electron chi connectivity index (χ2n) is 6.38. The van der Waals surface area contributed by atoms with Gasteiger partial charge in [-0.2, -0.15) is 0 Å². The SMILES string of the molecule is Cc1cccn2c(CNc3cncc(C(=O)N4CCCC4)n3)cnc12.O=CO. The Morgan fingerprint density at radius 1 is 1.29 bits per heavy atom. The van der Waals surface area contributed by atoms with E-state index in [-0.39, 0.29) is 12.4 Å². The Morgan fingerprint density at radius 3 is 2.79 bits per heavy atom. The van der Waals surface area contributed by atoms with Gasteiger partial charge in [0.1, 0.15) is 17.2 Å². The molecule has 4 rings (SSSR count). The second kappa shape index (κ2) is 8.94. The molecule has 4 heterocycles. The van der Waals surface area contributed by atoms with E-state index in [0.717, 1.165) is 42.8 Å². The number of carbonyl (C=O) groups excluding carboxylic acids is 1. The number of carbonyl (C=O) groups is 2. The van der Waals surface area contributed by atoms with Gasteiger partial charge in [0.15, 0.2) is 0 Å². The summed E-state index contributed by atoms with van der Waals surface area (Å²) in [7, 11) is 0. The number of likely N-dealkylation sites (tertiary alicyclic amines) is 1. The van der Waals surface area contributed by atoms with Gasteiger partial charge in [0.05, 0.1) is 30.8 Å². The monoisotopic (exact) mass is 382 g/mol. The highest BCUT2D eigenvalue weighted by molar-refractivity contribution is 5.92. The van der Waals surface area contributed by atoms with E-state index in [1.165, 1.54) is 6.20 Å². The Balaban J connectivity index is 0.000000706. The summed E-state index contributed by atoms with van der Waals surface area (Å²) < 4.78 is 2.05. The Bertz CT molecular complexity index is 965. The zero-order valence-electron chi connectivity index (χ0n) is 15.6. The fourth-order valence-electron chi connectivity index (χ4n) is 3.15.